The summed E-state index contributed by atoms with van der Waals surface area (Å²) in [6, 6.07) is 9.15. The zero-order chi connectivity index (χ0) is 22.7. The second-order valence-electron chi connectivity index (χ2n) is 7.94. The number of hydrogen-bond acceptors (Lipinski definition) is 5. The summed E-state index contributed by atoms with van der Waals surface area (Å²) < 4.78 is 13.0. The van der Waals surface area contributed by atoms with Crippen molar-refractivity contribution in [1.82, 2.24) is 19.9 Å². The van der Waals surface area contributed by atoms with E-state index < -0.39 is 0 Å². The van der Waals surface area contributed by atoms with Crippen LogP contribution in [-0.4, -0.2) is 44.8 Å². The van der Waals surface area contributed by atoms with Gasteiger partial charge in [0.2, 0.25) is 5.91 Å². The van der Waals surface area contributed by atoms with Crippen LogP contribution >= 0.6 is 0 Å². The van der Waals surface area contributed by atoms with Crippen molar-refractivity contribution >= 4 is 17.5 Å². The van der Waals surface area contributed by atoms with E-state index in [-0.39, 0.29) is 30.0 Å². The third kappa shape index (κ3) is 4.80. The van der Waals surface area contributed by atoms with Crippen molar-refractivity contribution in [2.45, 2.75) is 32.6 Å². The van der Waals surface area contributed by atoms with Gasteiger partial charge in [0.25, 0.3) is 5.91 Å². The Balaban J connectivity index is 1.43. The molecular formula is C24H24FN5O2. The Morgan fingerprint density at radius 3 is 2.50 bits per heavy atom. The Hall–Kier alpha value is -3.68. The van der Waals surface area contributed by atoms with Gasteiger partial charge < -0.3 is 10.2 Å². The molecule has 1 aromatic carbocycles. The van der Waals surface area contributed by atoms with E-state index in [1.54, 1.807) is 29.4 Å². The summed E-state index contributed by atoms with van der Waals surface area (Å²) in [5.74, 6) is 0.141. The number of amides is 2. The normalized spacial score (nSPS) is 15.6. The van der Waals surface area contributed by atoms with Gasteiger partial charge in [0, 0.05) is 54.0 Å². The number of benzene rings is 1. The Morgan fingerprint density at radius 2 is 1.84 bits per heavy atom. The Labute approximate surface area is 185 Å². The fraction of sp³-hybridized carbons (Fsp3) is 0.292. The molecule has 2 aromatic heterocycles. The highest BCUT2D eigenvalue weighted by atomic mass is 19.1. The average Bonchev–Trinajstić information content (AvgIpc) is 3.28. The molecule has 1 aliphatic rings. The quantitative estimate of drug-likeness (QED) is 0.666. The molecule has 8 heteroatoms. The van der Waals surface area contributed by atoms with Gasteiger partial charge >= 0.3 is 0 Å². The molecule has 0 radical (unpaired) electrons. The van der Waals surface area contributed by atoms with Crippen LogP contribution in [0.15, 0.2) is 48.8 Å². The van der Waals surface area contributed by atoms with Crippen molar-refractivity contribution in [2.24, 2.45) is 0 Å². The molecule has 1 saturated heterocycles. The standard InChI is InChI=1S/C24H24FN5O2/c1-15-21(12-22(31)29-20-7-5-19(25)6-8-20)16(2)28-23(27-15)18-9-11-30(14-18)24(32)17-4-3-10-26-13-17/h3-8,10,13,18H,9,11-12,14H2,1-2H3,(H,29,31). The van der Waals surface area contributed by atoms with Gasteiger partial charge in [-0.25, -0.2) is 14.4 Å². The number of aryl methyl sites for hydroxylation is 2. The molecule has 4 rings (SSSR count). The van der Waals surface area contributed by atoms with Crippen LogP contribution in [0.1, 0.15) is 45.5 Å². The van der Waals surface area contributed by atoms with E-state index in [1.807, 2.05) is 13.8 Å². The van der Waals surface area contributed by atoms with Crippen LogP contribution in [0, 0.1) is 19.7 Å². The van der Waals surface area contributed by atoms with Crippen LogP contribution in [0.2, 0.25) is 0 Å². The third-order valence-corrected chi connectivity index (χ3v) is 5.65. The van der Waals surface area contributed by atoms with Crippen LogP contribution in [0.25, 0.3) is 0 Å². The molecule has 0 aliphatic carbocycles. The molecule has 0 saturated carbocycles. The van der Waals surface area contributed by atoms with Crippen LogP contribution in [0.3, 0.4) is 0 Å². The van der Waals surface area contributed by atoms with Crippen molar-refractivity contribution in [3.05, 3.63) is 82.9 Å². The first kappa shape index (κ1) is 21.5. The number of carbonyl (C=O) groups is 2. The van der Waals surface area contributed by atoms with Gasteiger partial charge in [-0.1, -0.05) is 0 Å². The fourth-order valence-corrected chi connectivity index (χ4v) is 3.93. The molecule has 1 fully saturated rings. The van der Waals surface area contributed by atoms with Gasteiger partial charge in [0.05, 0.1) is 12.0 Å². The first-order valence-electron chi connectivity index (χ1n) is 10.5. The minimum atomic E-state index is -0.355. The number of halogens is 1. The zero-order valence-corrected chi connectivity index (χ0v) is 18.0. The predicted octanol–water partition coefficient (Wildman–Crippen LogP) is 3.44. The van der Waals surface area contributed by atoms with Crippen molar-refractivity contribution in [2.75, 3.05) is 18.4 Å². The molecule has 1 atom stereocenters. The highest BCUT2D eigenvalue weighted by molar-refractivity contribution is 5.94. The first-order chi connectivity index (χ1) is 15.4. The highest BCUT2D eigenvalue weighted by Gasteiger charge is 2.30. The molecule has 164 valence electrons. The Kier molecular flexibility index (Phi) is 6.20. The summed E-state index contributed by atoms with van der Waals surface area (Å²) in [6.45, 7) is 4.93. The summed E-state index contributed by atoms with van der Waals surface area (Å²) in [5.41, 5.74) is 3.38. The van der Waals surface area contributed by atoms with Gasteiger partial charge in [-0.3, -0.25) is 14.6 Å². The molecule has 2 amide bonds. The van der Waals surface area contributed by atoms with Crippen molar-refractivity contribution in [3.63, 3.8) is 0 Å². The molecule has 0 spiro atoms. The number of nitrogens with zero attached hydrogens (tertiary/aromatic N) is 4. The number of likely N-dealkylation sites (tertiary alicyclic amines) is 1. The lowest BCUT2D eigenvalue weighted by Crippen LogP contribution is -2.28. The van der Waals surface area contributed by atoms with E-state index in [0.717, 1.165) is 23.4 Å². The van der Waals surface area contributed by atoms with E-state index in [2.05, 4.69) is 20.3 Å². The molecule has 3 heterocycles. The highest BCUT2D eigenvalue weighted by Crippen LogP contribution is 2.27. The molecule has 7 nitrogen and oxygen atoms in total. The Bertz CT molecular complexity index is 1110. The second kappa shape index (κ2) is 9.21. The maximum Gasteiger partial charge on any atom is 0.255 e. The fourth-order valence-electron chi connectivity index (χ4n) is 3.93. The predicted molar refractivity (Wildman–Crippen MR) is 118 cm³/mol. The van der Waals surface area contributed by atoms with E-state index in [1.165, 1.54) is 24.3 Å². The lowest BCUT2D eigenvalue weighted by atomic mass is 10.0. The molecule has 1 unspecified atom stereocenters. The average molecular weight is 433 g/mol. The van der Waals surface area contributed by atoms with Crippen LogP contribution in [0.4, 0.5) is 10.1 Å². The van der Waals surface area contributed by atoms with E-state index >= 15 is 0 Å². The minimum Gasteiger partial charge on any atom is -0.338 e. The molecular weight excluding hydrogens is 409 g/mol. The third-order valence-electron chi connectivity index (χ3n) is 5.65. The molecule has 32 heavy (non-hydrogen) atoms. The van der Waals surface area contributed by atoms with Crippen LogP contribution < -0.4 is 5.32 Å². The SMILES string of the molecule is Cc1nc(C2CCN(C(=O)c3cccnc3)C2)nc(C)c1CC(=O)Nc1ccc(F)cc1. The molecule has 3 aromatic rings. The number of pyridine rings is 1. The van der Waals surface area contributed by atoms with E-state index in [9.17, 15) is 14.0 Å². The minimum absolute atomic E-state index is 0.0388. The second-order valence-corrected chi connectivity index (χ2v) is 7.94. The van der Waals surface area contributed by atoms with Crippen LogP contribution in [0.5, 0.6) is 0 Å². The van der Waals surface area contributed by atoms with Gasteiger partial charge in [-0.2, -0.15) is 0 Å². The number of hydrogen-bond donors (Lipinski definition) is 1. The number of carbonyl (C=O) groups excluding carboxylic acids is 2. The van der Waals surface area contributed by atoms with Crippen molar-refractivity contribution < 1.29 is 14.0 Å². The smallest absolute Gasteiger partial charge is 0.255 e. The number of anilines is 1. The lowest BCUT2D eigenvalue weighted by molar-refractivity contribution is -0.115. The number of rotatable bonds is 5. The van der Waals surface area contributed by atoms with E-state index in [4.69, 9.17) is 0 Å². The molecule has 0 bridgehead atoms. The summed E-state index contributed by atoms with van der Waals surface area (Å²) in [7, 11) is 0. The van der Waals surface area contributed by atoms with Gasteiger partial charge in [0.15, 0.2) is 0 Å². The Morgan fingerprint density at radius 1 is 1.12 bits per heavy atom. The summed E-state index contributed by atoms with van der Waals surface area (Å²) in [6.07, 6.45) is 4.14. The zero-order valence-electron chi connectivity index (χ0n) is 18.0. The van der Waals surface area contributed by atoms with Crippen molar-refractivity contribution in [1.29, 1.82) is 0 Å². The largest absolute Gasteiger partial charge is 0.338 e. The molecule has 1 aliphatic heterocycles. The van der Waals surface area contributed by atoms with Crippen molar-refractivity contribution in [3.8, 4) is 0 Å². The summed E-state index contributed by atoms with van der Waals surface area (Å²) in [5, 5.41) is 2.77. The summed E-state index contributed by atoms with van der Waals surface area (Å²) in [4.78, 5) is 40.3. The monoisotopic (exact) mass is 433 g/mol. The van der Waals surface area contributed by atoms with E-state index in [0.29, 0.717) is 30.2 Å². The number of aromatic nitrogens is 3. The summed E-state index contributed by atoms with van der Waals surface area (Å²) >= 11 is 0. The maximum atomic E-state index is 13.0. The lowest BCUT2D eigenvalue weighted by Gasteiger charge is -2.17. The van der Waals surface area contributed by atoms with Gasteiger partial charge in [-0.15, -0.1) is 0 Å². The first-order valence-corrected chi connectivity index (χ1v) is 10.5. The maximum absolute atomic E-state index is 13.0. The number of nitrogens with one attached hydrogen (secondary N) is 1. The topological polar surface area (TPSA) is 88.1 Å². The van der Waals surface area contributed by atoms with Gasteiger partial charge in [-0.05, 0) is 56.7 Å². The molecule has 1 N–H and O–H groups in total. The van der Waals surface area contributed by atoms with Gasteiger partial charge in [0.1, 0.15) is 11.6 Å². The van der Waals surface area contributed by atoms with Crippen LogP contribution in [-0.2, 0) is 11.2 Å².